The zero-order valence-electron chi connectivity index (χ0n) is 14.0. The summed E-state index contributed by atoms with van der Waals surface area (Å²) < 4.78 is 0. The van der Waals surface area contributed by atoms with Gasteiger partial charge in [0.2, 0.25) is 5.95 Å². The van der Waals surface area contributed by atoms with Crippen molar-refractivity contribution in [3.8, 4) is 0 Å². The molecule has 1 aliphatic carbocycles. The van der Waals surface area contributed by atoms with Gasteiger partial charge in [-0.3, -0.25) is 0 Å². The SMILES string of the molecule is Cc1cc2cnc(N[C@H]3CC[C@H](O)CC3)nc2c(NC(C)C)n1. The summed E-state index contributed by atoms with van der Waals surface area (Å²) in [5.41, 5.74) is 1.80. The monoisotopic (exact) mass is 315 g/mol. The number of aliphatic hydroxyl groups is 1. The lowest BCUT2D eigenvalue weighted by Gasteiger charge is -2.26. The standard InChI is InChI=1S/C17H25N5O/c1-10(2)19-16-15-12(8-11(3)20-16)9-18-17(22-15)21-13-4-6-14(23)7-5-13/h8-10,13-14,23H,4-7H2,1-3H3,(H,19,20)(H,18,21,22)/t13-,14-. The van der Waals surface area contributed by atoms with Crippen LogP contribution in [0.3, 0.4) is 0 Å². The van der Waals surface area contributed by atoms with Crippen LogP contribution in [0, 0.1) is 6.92 Å². The normalized spacial score (nSPS) is 21.6. The van der Waals surface area contributed by atoms with E-state index >= 15 is 0 Å². The molecule has 3 N–H and O–H groups in total. The molecule has 0 spiro atoms. The number of rotatable bonds is 4. The lowest BCUT2D eigenvalue weighted by Crippen LogP contribution is -2.28. The zero-order valence-corrected chi connectivity index (χ0v) is 14.0. The van der Waals surface area contributed by atoms with Crippen LogP contribution in [0.1, 0.15) is 45.2 Å². The van der Waals surface area contributed by atoms with Crippen LogP contribution in [0.25, 0.3) is 10.9 Å². The molecule has 0 radical (unpaired) electrons. The summed E-state index contributed by atoms with van der Waals surface area (Å²) in [6.07, 6.45) is 5.28. The van der Waals surface area contributed by atoms with Crippen molar-refractivity contribution < 1.29 is 5.11 Å². The van der Waals surface area contributed by atoms with Crippen LogP contribution in [0.15, 0.2) is 12.3 Å². The summed E-state index contributed by atoms with van der Waals surface area (Å²) in [6, 6.07) is 2.62. The van der Waals surface area contributed by atoms with Crippen LogP contribution >= 0.6 is 0 Å². The van der Waals surface area contributed by atoms with Crippen LogP contribution in [0.5, 0.6) is 0 Å². The van der Waals surface area contributed by atoms with Gasteiger partial charge in [-0.1, -0.05) is 0 Å². The average Bonchev–Trinajstić information content (AvgIpc) is 2.49. The smallest absolute Gasteiger partial charge is 0.223 e. The molecule has 0 unspecified atom stereocenters. The Morgan fingerprint density at radius 3 is 2.61 bits per heavy atom. The number of aliphatic hydroxyl groups excluding tert-OH is 1. The minimum atomic E-state index is -0.153. The first-order valence-electron chi connectivity index (χ1n) is 8.37. The maximum atomic E-state index is 9.61. The van der Waals surface area contributed by atoms with Crippen molar-refractivity contribution in [1.29, 1.82) is 0 Å². The van der Waals surface area contributed by atoms with Crippen LogP contribution < -0.4 is 10.6 Å². The molecule has 1 fully saturated rings. The van der Waals surface area contributed by atoms with Gasteiger partial charge in [0.25, 0.3) is 0 Å². The van der Waals surface area contributed by atoms with Crippen molar-refractivity contribution in [1.82, 2.24) is 15.0 Å². The topological polar surface area (TPSA) is 83.0 Å². The number of pyridine rings is 1. The lowest BCUT2D eigenvalue weighted by molar-refractivity contribution is 0.126. The summed E-state index contributed by atoms with van der Waals surface area (Å²) >= 11 is 0. The van der Waals surface area contributed by atoms with Gasteiger partial charge in [-0.05, 0) is 52.5 Å². The minimum Gasteiger partial charge on any atom is -0.393 e. The number of hydrogen-bond donors (Lipinski definition) is 3. The van der Waals surface area contributed by atoms with E-state index in [2.05, 4.69) is 39.4 Å². The molecule has 0 aliphatic heterocycles. The molecule has 1 aliphatic rings. The molecule has 0 aromatic carbocycles. The third-order valence-electron chi connectivity index (χ3n) is 4.15. The van der Waals surface area contributed by atoms with E-state index in [4.69, 9.17) is 0 Å². The van der Waals surface area contributed by atoms with Crippen molar-refractivity contribution in [2.75, 3.05) is 10.6 Å². The van der Waals surface area contributed by atoms with Gasteiger partial charge in [0.1, 0.15) is 5.52 Å². The first-order valence-corrected chi connectivity index (χ1v) is 8.37. The van der Waals surface area contributed by atoms with Crippen molar-refractivity contribution in [2.24, 2.45) is 0 Å². The first kappa shape index (κ1) is 15.9. The predicted octanol–water partition coefficient (Wildman–Crippen LogP) is 2.87. The average molecular weight is 315 g/mol. The highest BCUT2D eigenvalue weighted by Gasteiger charge is 2.20. The molecule has 23 heavy (non-hydrogen) atoms. The second-order valence-corrected chi connectivity index (χ2v) is 6.69. The molecule has 0 atom stereocenters. The Morgan fingerprint density at radius 1 is 1.17 bits per heavy atom. The van der Waals surface area contributed by atoms with Crippen LogP contribution in [0.2, 0.25) is 0 Å². The van der Waals surface area contributed by atoms with Gasteiger partial charge < -0.3 is 15.7 Å². The fraction of sp³-hybridized carbons (Fsp3) is 0.588. The third kappa shape index (κ3) is 3.88. The molecule has 124 valence electrons. The fourth-order valence-electron chi connectivity index (χ4n) is 3.02. The van der Waals surface area contributed by atoms with Crippen molar-refractivity contribution in [3.63, 3.8) is 0 Å². The van der Waals surface area contributed by atoms with Crippen LogP contribution in [-0.4, -0.2) is 38.2 Å². The molecule has 0 saturated heterocycles. The number of aryl methyl sites for hydroxylation is 1. The Bertz CT molecular complexity index is 680. The van der Waals surface area contributed by atoms with E-state index in [0.717, 1.165) is 48.1 Å². The molecule has 3 rings (SSSR count). The highest BCUT2D eigenvalue weighted by atomic mass is 16.3. The van der Waals surface area contributed by atoms with E-state index in [0.29, 0.717) is 18.0 Å². The maximum absolute atomic E-state index is 9.61. The van der Waals surface area contributed by atoms with Gasteiger partial charge in [0.15, 0.2) is 5.82 Å². The summed E-state index contributed by atoms with van der Waals surface area (Å²) in [4.78, 5) is 13.7. The van der Waals surface area contributed by atoms with Crippen molar-refractivity contribution in [3.05, 3.63) is 18.0 Å². The van der Waals surface area contributed by atoms with E-state index in [-0.39, 0.29) is 6.10 Å². The second-order valence-electron chi connectivity index (χ2n) is 6.69. The number of nitrogens with one attached hydrogen (secondary N) is 2. The Hall–Kier alpha value is -1.95. The van der Waals surface area contributed by atoms with Crippen molar-refractivity contribution >= 4 is 22.7 Å². The van der Waals surface area contributed by atoms with Gasteiger partial charge in [-0.15, -0.1) is 0 Å². The summed E-state index contributed by atoms with van der Waals surface area (Å²) in [6.45, 7) is 6.15. The molecule has 0 bridgehead atoms. The highest BCUT2D eigenvalue weighted by Crippen LogP contribution is 2.24. The van der Waals surface area contributed by atoms with E-state index in [9.17, 15) is 5.11 Å². The van der Waals surface area contributed by atoms with Crippen LogP contribution in [0.4, 0.5) is 11.8 Å². The Morgan fingerprint density at radius 2 is 1.91 bits per heavy atom. The van der Waals surface area contributed by atoms with Gasteiger partial charge in [0, 0.05) is 29.4 Å². The van der Waals surface area contributed by atoms with Crippen LogP contribution in [-0.2, 0) is 0 Å². The molecule has 2 heterocycles. The Balaban J connectivity index is 1.86. The van der Waals surface area contributed by atoms with E-state index in [1.807, 2.05) is 19.2 Å². The minimum absolute atomic E-state index is 0.153. The number of nitrogens with zero attached hydrogens (tertiary/aromatic N) is 3. The van der Waals surface area contributed by atoms with Gasteiger partial charge in [-0.2, -0.15) is 0 Å². The van der Waals surface area contributed by atoms with Gasteiger partial charge >= 0.3 is 0 Å². The number of anilines is 2. The molecule has 1 saturated carbocycles. The number of fused-ring (bicyclic) bond motifs is 1. The second kappa shape index (κ2) is 6.66. The Kier molecular flexibility index (Phi) is 4.61. The van der Waals surface area contributed by atoms with Gasteiger partial charge in [0.05, 0.1) is 6.10 Å². The Labute approximate surface area is 136 Å². The largest absolute Gasteiger partial charge is 0.393 e. The number of hydrogen-bond acceptors (Lipinski definition) is 6. The summed E-state index contributed by atoms with van der Waals surface area (Å²) in [7, 11) is 0. The molecule has 6 heteroatoms. The summed E-state index contributed by atoms with van der Waals surface area (Å²) in [5, 5.41) is 17.4. The van der Waals surface area contributed by atoms with E-state index in [1.54, 1.807) is 0 Å². The summed E-state index contributed by atoms with van der Waals surface area (Å²) in [5.74, 6) is 1.44. The lowest BCUT2D eigenvalue weighted by atomic mass is 9.93. The zero-order chi connectivity index (χ0) is 16.4. The first-order chi connectivity index (χ1) is 11.0. The van der Waals surface area contributed by atoms with E-state index in [1.165, 1.54) is 0 Å². The molecular formula is C17H25N5O. The number of aromatic nitrogens is 3. The quantitative estimate of drug-likeness (QED) is 0.805. The third-order valence-corrected chi connectivity index (χ3v) is 4.15. The molecule has 6 nitrogen and oxygen atoms in total. The highest BCUT2D eigenvalue weighted by molar-refractivity contribution is 5.88. The molecule has 2 aromatic rings. The maximum Gasteiger partial charge on any atom is 0.223 e. The molecular weight excluding hydrogens is 290 g/mol. The van der Waals surface area contributed by atoms with Crippen molar-refractivity contribution in [2.45, 2.75) is 64.6 Å². The van der Waals surface area contributed by atoms with E-state index < -0.39 is 0 Å². The fourth-order valence-corrected chi connectivity index (χ4v) is 3.02. The molecule has 2 aromatic heterocycles. The predicted molar refractivity (Wildman–Crippen MR) is 92.7 cm³/mol. The van der Waals surface area contributed by atoms with Gasteiger partial charge in [-0.25, -0.2) is 15.0 Å². The molecule has 0 amide bonds.